The Balaban J connectivity index is 3.71. The smallest absolute Gasteiger partial charge is 0.0447 e. The zero-order valence-corrected chi connectivity index (χ0v) is 9.86. The summed E-state index contributed by atoms with van der Waals surface area (Å²) in [6.45, 7) is 4.40. The second kappa shape index (κ2) is 11.5. The first-order valence-electron chi connectivity index (χ1n) is 5.97. The van der Waals surface area contributed by atoms with E-state index in [1.165, 1.54) is 12.8 Å². The Kier molecular flexibility index (Phi) is 11.1. The lowest BCUT2D eigenvalue weighted by molar-refractivity contribution is 0.236. The lowest BCUT2D eigenvalue weighted by Gasteiger charge is -2.19. The molecule has 0 aromatic heterocycles. The summed E-state index contributed by atoms with van der Waals surface area (Å²) in [6, 6.07) is 0. The van der Waals surface area contributed by atoms with E-state index in [4.69, 9.17) is 10.2 Å². The van der Waals surface area contributed by atoms with Crippen molar-refractivity contribution in [3.63, 3.8) is 0 Å². The normalized spacial score (nSPS) is 11.1. The fourth-order valence-corrected chi connectivity index (χ4v) is 1.35. The number of allylic oxidation sites excluding steroid dienone is 1. The number of unbranched alkanes of at least 4 members (excludes halogenated alkanes) is 2. The van der Waals surface area contributed by atoms with E-state index >= 15 is 0 Å². The Bertz CT molecular complexity index is 141. The first-order chi connectivity index (χ1) is 7.35. The van der Waals surface area contributed by atoms with E-state index in [0.717, 1.165) is 32.4 Å². The third kappa shape index (κ3) is 9.76. The minimum atomic E-state index is 0.235. The van der Waals surface area contributed by atoms with Crippen LogP contribution in [0.2, 0.25) is 0 Å². The Morgan fingerprint density at radius 2 is 1.60 bits per heavy atom. The van der Waals surface area contributed by atoms with Gasteiger partial charge < -0.3 is 15.1 Å². The van der Waals surface area contributed by atoms with E-state index in [9.17, 15) is 0 Å². The highest BCUT2D eigenvalue weighted by Crippen LogP contribution is 1.99. The van der Waals surface area contributed by atoms with E-state index in [-0.39, 0.29) is 13.2 Å². The van der Waals surface area contributed by atoms with Crippen LogP contribution in [0.5, 0.6) is 0 Å². The zero-order chi connectivity index (χ0) is 11.4. The van der Waals surface area contributed by atoms with Gasteiger partial charge in [-0.25, -0.2) is 0 Å². The fourth-order valence-electron chi connectivity index (χ4n) is 1.35. The molecule has 0 aromatic rings. The molecule has 2 N–H and O–H groups in total. The Labute approximate surface area is 93.4 Å². The second-order valence-electron chi connectivity index (χ2n) is 3.72. The van der Waals surface area contributed by atoms with Gasteiger partial charge in [-0.05, 0) is 25.5 Å². The topological polar surface area (TPSA) is 43.7 Å². The SMILES string of the molecule is CCCCC=CN(CCCO)CCCO. The molecule has 0 aliphatic heterocycles. The van der Waals surface area contributed by atoms with Crippen molar-refractivity contribution in [2.75, 3.05) is 26.3 Å². The van der Waals surface area contributed by atoms with Gasteiger partial charge in [0.05, 0.1) is 0 Å². The monoisotopic (exact) mass is 215 g/mol. The lowest BCUT2D eigenvalue weighted by atomic mass is 10.2. The van der Waals surface area contributed by atoms with Crippen molar-refractivity contribution in [1.82, 2.24) is 4.90 Å². The number of nitrogens with zero attached hydrogens (tertiary/aromatic N) is 1. The van der Waals surface area contributed by atoms with Crippen molar-refractivity contribution in [2.24, 2.45) is 0 Å². The lowest BCUT2D eigenvalue weighted by Crippen LogP contribution is -2.21. The number of aliphatic hydroxyl groups excluding tert-OH is 2. The maximum atomic E-state index is 8.75. The van der Waals surface area contributed by atoms with Gasteiger partial charge >= 0.3 is 0 Å². The fraction of sp³-hybridized carbons (Fsp3) is 0.833. The molecule has 0 heterocycles. The predicted octanol–water partition coefficient (Wildman–Crippen LogP) is 1.76. The molecule has 0 unspecified atom stereocenters. The number of rotatable bonds is 10. The Morgan fingerprint density at radius 1 is 1.00 bits per heavy atom. The molecular weight excluding hydrogens is 190 g/mol. The van der Waals surface area contributed by atoms with Crippen LogP contribution in [0, 0.1) is 0 Å². The highest BCUT2D eigenvalue weighted by molar-refractivity contribution is 4.82. The van der Waals surface area contributed by atoms with Crippen molar-refractivity contribution >= 4 is 0 Å². The van der Waals surface area contributed by atoms with Gasteiger partial charge in [-0.15, -0.1) is 0 Å². The molecule has 0 spiro atoms. The third-order valence-corrected chi connectivity index (χ3v) is 2.25. The van der Waals surface area contributed by atoms with Crippen LogP contribution < -0.4 is 0 Å². The van der Waals surface area contributed by atoms with Crippen molar-refractivity contribution in [3.05, 3.63) is 12.3 Å². The molecule has 15 heavy (non-hydrogen) atoms. The van der Waals surface area contributed by atoms with Gasteiger partial charge in [0.25, 0.3) is 0 Å². The van der Waals surface area contributed by atoms with E-state index in [1.54, 1.807) is 0 Å². The average Bonchev–Trinajstić information content (AvgIpc) is 2.27. The Morgan fingerprint density at radius 3 is 2.07 bits per heavy atom. The number of hydrogen-bond acceptors (Lipinski definition) is 3. The molecule has 0 fully saturated rings. The maximum Gasteiger partial charge on any atom is 0.0447 e. The highest BCUT2D eigenvalue weighted by Gasteiger charge is 1.97. The molecule has 0 aromatic carbocycles. The van der Waals surface area contributed by atoms with Gasteiger partial charge in [0.2, 0.25) is 0 Å². The molecule has 0 aliphatic rings. The summed E-state index contributed by atoms with van der Waals surface area (Å²) in [5.41, 5.74) is 0. The van der Waals surface area contributed by atoms with Crippen LogP contribution in [0.15, 0.2) is 12.3 Å². The summed E-state index contributed by atoms with van der Waals surface area (Å²) in [5.74, 6) is 0. The quantitative estimate of drug-likeness (QED) is 0.546. The van der Waals surface area contributed by atoms with E-state index < -0.39 is 0 Å². The van der Waals surface area contributed by atoms with Crippen LogP contribution in [-0.4, -0.2) is 41.4 Å². The van der Waals surface area contributed by atoms with E-state index in [0.29, 0.717) is 0 Å². The molecule has 0 radical (unpaired) electrons. The first-order valence-corrected chi connectivity index (χ1v) is 5.97. The summed E-state index contributed by atoms with van der Waals surface area (Å²) in [7, 11) is 0. The van der Waals surface area contributed by atoms with Crippen LogP contribution in [0.4, 0.5) is 0 Å². The first kappa shape index (κ1) is 14.5. The van der Waals surface area contributed by atoms with Crippen LogP contribution in [0.1, 0.15) is 39.0 Å². The molecule has 0 saturated carbocycles. The summed E-state index contributed by atoms with van der Waals surface area (Å²) in [6.07, 6.45) is 9.43. The zero-order valence-electron chi connectivity index (χ0n) is 9.86. The van der Waals surface area contributed by atoms with Crippen molar-refractivity contribution in [3.8, 4) is 0 Å². The van der Waals surface area contributed by atoms with Gasteiger partial charge in [0, 0.05) is 26.3 Å². The van der Waals surface area contributed by atoms with Crippen molar-refractivity contribution in [2.45, 2.75) is 39.0 Å². The molecule has 3 nitrogen and oxygen atoms in total. The van der Waals surface area contributed by atoms with E-state index in [2.05, 4.69) is 24.1 Å². The van der Waals surface area contributed by atoms with Crippen LogP contribution >= 0.6 is 0 Å². The average molecular weight is 215 g/mol. The van der Waals surface area contributed by atoms with Crippen LogP contribution in [-0.2, 0) is 0 Å². The molecule has 0 aliphatic carbocycles. The molecule has 3 heteroatoms. The van der Waals surface area contributed by atoms with Crippen LogP contribution in [0.3, 0.4) is 0 Å². The highest BCUT2D eigenvalue weighted by atomic mass is 16.3. The minimum Gasteiger partial charge on any atom is -0.396 e. The van der Waals surface area contributed by atoms with Gasteiger partial charge in [-0.1, -0.05) is 25.8 Å². The van der Waals surface area contributed by atoms with Crippen molar-refractivity contribution < 1.29 is 10.2 Å². The molecule has 0 rings (SSSR count). The van der Waals surface area contributed by atoms with E-state index in [1.807, 2.05) is 0 Å². The summed E-state index contributed by atoms with van der Waals surface area (Å²) < 4.78 is 0. The summed E-state index contributed by atoms with van der Waals surface area (Å²) in [5, 5.41) is 17.5. The summed E-state index contributed by atoms with van der Waals surface area (Å²) in [4.78, 5) is 2.17. The molecule has 0 bridgehead atoms. The van der Waals surface area contributed by atoms with Crippen molar-refractivity contribution in [1.29, 1.82) is 0 Å². The number of hydrogen-bond donors (Lipinski definition) is 2. The third-order valence-electron chi connectivity index (χ3n) is 2.25. The maximum absolute atomic E-state index is 8.75. The molecule has 0 atom stereocenters. The van der Waals surface area contributed by atoms with Gasteiger partial charge in [-0.3, -0.25) is 0 Å². The van der Waals surface area contributed by atoms with Crippen LogP contribution in [0.25, 0.3) is 0 Å². The predicted molar refractivity (Wildman–Crippen MR) is 63.6 cm³/mol. The molecule has 0 saturated heterocycles. The Hall–Kier alpha value is -0.540. The largest absolute Gasteiger partial charge is 0.396 e. The minimum absolute atomic E-state index is 0.235. The second-order valence-corrected chi connectivity index (χ2v) is 3.72. The molecule has 0 amide bonds. The van der Waals surface area contributed by atoms with Gasteiger partial charge in [-0.2, -0.15) is 0 Å². The standard InChI is InChI=1S/C12H25NO2/c1-2-3-4-5-8-13(9-6-11-14)10-7-12-15/h5,8,14-15H,2-4,6-7,9-12H2,1H3. The van der Waals surface area contributed by atoms with Gasteiger partial charge in [0.15, 0.2) is 0 Å². The molecule has 90 valence electrons. The number of aliphatic hydroxyl groups is 2. The molecular formula is C12H25NO2. The van der Waals surface area contributed by atoms with Gasteiger partial charge in [0.1, 0.15) is 0 Å². The summed E-state index contributed by atoms with van der Waals surface area (Å²) >= 11 is 0.